The molecule has 0 spiro atoms. The molecule has 5 heteroatoms. The Morgan fingerprint density at radius 1 is 1.23 bits per heavy atom. The Bertz CT molecular complexity index is 866. The number of carbonyl (C=O) groups is 1. The third kappa shape index (κ3) is 2.42. The highest BCUT2D eigenvalue weighted by Crippen LogP contribution is 2.29. The molecule has 1 amide bonds. The molecule has 0 saturated carbocycles. The van der Waals surface area contributed by atoms with Gasteiger partial charge in [0.1, 0.15) is 5.75 Å². The molecule has 112 valence electrons. The second-order valence-electron chi connectivity index (χ2n) is 5.24. The summed E-state index contributed by atoms with van der Waals surface area (Å²) in [4.78, 5) is 11.8. The first kappa shape index (κ1) is 14.5. The number of fused-ring (bicyclic) bond motifs is 1. The number of halogens is 1. The zero-order valence-electron chi connectivity index (χ0n) is 12.0. The first-order valence-electron chi connectivity index (χ1n) is 6.83. The molecule has 0 radical (unpaired) electrons. The zero-order valence-corrected chi connectivity index (χ0v) is 12.8. The fourth-order valence-corrected chi connectivity index (χ4v) is 2.88. The summed E-state index contributed by atoms with van der Waals surface area (Å²) in [5, 5.41) is 11.0. The summed E-state index contributed by atoms with van der Waals surface area (Å²) in [6, 6.07) is 12.5. The van der Waals surface area contributed by atoms with Crippen LogP contribution in [0.1, 0.15) is 21.6 Å². The normalized spacial score (nSPS) is 11.0. The molecule has 1 aromatic heterocycles. The van der Waals surface area contributed by atoms with Gasteiger partial charge in [0.25, 0.3) is 5.91 Å². The van der Waals surface area contributed by atoms with Crippen molar-refractivity contribution in [2.24, 2.45) is 5.73 Å². The molecule has 1 heterocycles. The Hall–Kier alpha value is -2.46. The van der Waals surface area contributed by atoms with E-state index < -0.39 is 5.91 Å². The van der Waals surface area contributed by atoms with Gasteiger partial charge in [0.05, 0.1) is 5.56 Å². The SMILES string of the molecule is Cc1c(C(N)=O)c2cc(O)ccc2n1Cc1ccc(Cl)cc1. The summed E-state index contributed by atoms with van der Waals surface area (Å²) in [7, 11) is 0. The maximum atomic E-state index is 11.8. The van der Waals surface area contributed by atoms with Crippen LogP contribution in [0.25, 0.3) is 10.9 Å². The third-order valence-corrected chi connectivity index (χ3v) is 4.06. The molecule has 2 aromatic carbocycles. The minimum absolute atomic E-state index is 0.110. The molecular weight excluding hydrogens is 300 g/mol. The second kappa shape index (κ2) is 5.39. The largest absolute Gasteiger partial charge is 0.508 e. The lowest BCUT2D eigenvalue weighted by Gasteiger charge is -2.09. The lowest BCUT2D eigenvalue weighted by Crippen LogP contribution is -2.13. The van der Waals surface area contributed by atoms with Gasteiger partial charge in [-0.3, -0.25) is 4.79 Å². The van der Waals surface area contributed by atoms with E-state index in [1.165, 1.54) is 0 Å². The number of phenols is 1. The van der Waals surface area contributed by atoms with Crippen LogP contribution in [-0.2, 0) is 6.54 Å². The number of nitrogens with two attached hydrogens (primary N) is 1. The minimum Gasteiger partial charge on any atom is -0.508 e. The monoisotopic (exact) mass is 314 g/mol. The highest BCUT2D eigenvalue weighted by Gasteiger charge is 2.18. The summed E-state index contributed by atoms with van der Waals surface area (Å²) in [5.41, 5.74) is 8.65. The first-order valence-corrected chi connectivity index (χ1v) is 7.21. The summed E-state index contributed by atoms with van der Waals surface area (Å²) < 4.78 is 2.01. The minimum atomic E-state index is -0.497. The van der Waals surface area contributed by atoms with Gasteiger partial charge in [-0.25, -0.2) is 0 Å². The molecule has 0 fully saturated rings. The Balaban J connectivity index is 2.18. The number of rotatable bonds is 3. The van der Waals surface area contributed by atoms with Gasteiger partial charge >= 0.3 is 0 Å². The summed E-state index contributed by atoms with van der Waals surface area (Å²) in [6.07, 6.45) is 0. The highest BCUT2D eigenvalue weighted by atomic mass is 35.5. The van der Waals surface area contributed by atoms with Gasteiger partial charge in [-0.05, 0) is 42.8 Å². The molecule has 0 atom stereocenters. The first-order chi connectivity index (χ1) is 10.5. The van der Waals surface area contributed by atoms with Crippen LogP contribution in [0.2, 0.25) is 5.02 Å². The number of nitrogens with zero attached hydrogens (tertiary/aromatic N) is 1. The third-order valence-electron chi connectivity index (χ3n) is 3.81. The van der Waals surface area contributed by atoms with Crippen molar-refractivity contribution in [2.45, 2.75) is 13.5 Å². The molecule has 0 aliphatic carbocycles. The van der Waals surface area contributed by atoms with Crippen molar-refractivity contribution in [3.63, 3.8) is 0 Å². The Labute approximate surface area is 132 Å². The molecule has 0 aliphatic heterocycles. The van der Waals surface area contributed by atoms with Gasteiger partial charge in [-0.15, -0.1) is 0 Å². The van der Waals surface area contributed by atoms with Crippen LogP contribution in [0.15, 0.2) is 42.5 Å². The number of amides is 1. The number of hydrogen-bond acceptors (Lipinski definition) is 2. The van der Waals surface area contributed by atoms with E-state index >= 15 is 0 Å². The van der Waals surface area contributed by atoms with Gasteiger partial charge in [-0.1, -0.05) is 23.7 Å². The van der Waals surface area contributed by atoms with Crippen LogP contribution in [0.4, 0.5) is 0 Å². The zero-order chi connectivity index (χ0) is 15.9. The highest BCUT2D eigenvalue weighted by molar-refractivity contribution is 6.30. The van der Waals surface area contributed by atoms with E-state index in [1.807, 2.05) is 35.8 Å². The van der Waals surface area contributed by atoms with Crippen molar-refractivity contribution in [3.8, 4) is 5.75 Å². The van der Waals surface area contributed by atoms with Gasteiger partial charge in [0.15, 0.2) is 0 Å². The topological polar surface area (TPSA) is 68.2 Å². The summed E-state index contributed by atoms with van der Waals surface area (Å²) in [5.74, 6) is -0.387. The average molecular weight is 315 g/mol. The van der Waals surface area contributed by atoms with Crippen molar-refractivity contribution in [2.75, 3.05) is 0 Å². The molecule has 0 unspecified atom stereocenters. The molecule has 0 bridgehead atoms. The molecule has 3 aromatic rings. The summed E-state index contributed by atoms with van der Waals surface area (Å²) >= 11 is 5.91. The van der Waals surface area contributed by atoms with Crippen LogP contribution in [0.5, 0.6) is 5.75 Å². The van der Waals surface area contributed by atoms with Gasteiger partial charge in [0.2, 0.25) is 0 Å². The van der Waals surface area contributed by atoms with E-state index in [0.29, 0.717) is 22.5 Å². The van der Waals surface area contributed by atoms with Gasteiger partial charge < -0.3 is 15.4 Å². The smallest absolute Gasteiger partial charge is 0.251 e. The molecule has 3 rings (SSSR count). The van der Waals surface area contributed by atoms with Crippen LogP contribution in [-0.4, -0.2) is 15.6 Å². The maximum Gasteiger partial charge on any atom is 0.251 e. The standard InChI is InChI=1S/C17H15ClN2O2/c1-10-16(17(19)22)14-8-13(21)6-7-15(14)20(10)9-11-2-4-12(18)5-3-11/h2-8,21H,9H2,1H3,(H2,19,22). The number of primary amides is 1. The number of aromatic nitrogens is 1. The van der Waals surface area contributed by atoms with E-state index in [2.05, 4.69) is 0 Å². The second-order valence-corrected chi connectivity index (χ2v) is 5.68. The van der Waals surface area contributed by atoms with E-state index in [-0.39, 0.29) is 5.75 Å². The Morgan fingerprint density at radius 3 is 2.55 bits per heavy atom. The quantitative estimate of drug-likeness (QED) is 0.777. The summed E-state index contributed by atoms with van der Waals surface area (Å²) in [6.45, 7) is 2.45. The van der Waals surface area contributed by atoms with Crippen LogP contribution in [0, 0.1) is 6.92 Å². The van der Waals surface area contributed by atoms with Gasteiger partial charge in [-0.2, -0.15) is 0 Å². The number of phenolic OH excluding ortho intramolecular Hbond substituents is 1. The predicted octanol–water partition coefficient (Wildman–Crippen LogP) is 3.46. The van der Waals surface area contributed by atoms with Gasteiger partial charge in [0, 0.05) is 28.2 Å². The van der Waals surface area contributed by atoms with Crippen LogP contribution in [0.3, 0.4) is 0 Å². The fourth-order valence-electron chi connectivity index (χ4n) is 2.76. The fraction of sp³-hybridized carbons (Fsp3) is 0.118. The van der Waals surface area contributed by atoms with Crippen molar-refractivity contribution in [1.82, 2.24) is 4.57 Å². The molecule has 22 heavy (non-hydrogen) atoms. The van der Waals surface area contributed by atoms with E-state index in [1.54, 1.807) is 18.2 Å². The molecule has 3 N–H and O–H groups in total. The van der Waals surface area contributed by atoms with E-state index in [9.17, 15) is 9.90 Å². The predicted molar refractivity (Wildman–Crippen MR) is 87.4 cm³/mol. The lowest BCUT2D eigenvalue weighted by molar-refractivity contribution is 0.100. The van der Waals surface area contributed by atoms with Crippen LogP contribution >= 0.6 is 11.6 Å². The lowest BCUT2D eigenvalue weighted by atomic mass is 10.1. The molecule has 0 saturated heterocycles. The number of benzene rings is 2. The van der Waals surface area contributed by atoms with E-state index in [0.717, 1.165) is 16.8 Å². The Morgan fingerprint density at radius 2 is 1.91 bits per heavy atom. The molecule has 4 nitrogen and oxygen atoms in total. The van der Waals surface area contributed by atoms with Crippen molar-refractivity contribution in [1.29, 1.82) is 0 Å². The average Bonchev–Trinajstić information content (AvgIpc) is 2.73. The number of hydrogen-bond donors (Lipinski definition) is 2. The Kier molecular flexibility index (Phi) is 3.54. The number of carbonyl (C=O) groups excluding carboxylic acids is 1. The van der Waals surface area contributed by atoms with E-state index in [4.69, 9.17) is 17.3 Å². The molecular formula is C17H15ClN2O2. The van der Waals surface area contributed by atoms with Crippen LogP contribution < -0.4 is 5.73 Å². The number of aromatic hydroxyl groups is 1. The van der Waals surface area contributed by atoms with Crippen molar-refractivity contribution >= 4 is 28.4 Å². The molecule has 0 aliphatic rings. The van der Waals surface area contributed by atoms with Crippen molar-refractivity contribution in [3.05, 3.63) is 64.3 Å². The van der Waals surface area contributed by atoms with Crippen molar-refractivity contribution < 1.29 is 9.90 Å². The maximum absolute atomic E-state index is 11.8.